The molecule has 0 unspecified atom stereocenters. The normalized spacial score (nSPS) is 32.6. The molecule has 7 heteroatoms. The summed E-state index contributed by atoms with van der Waals surface area (Å²) < 4.78 is 5.50. The Kier molecular flexibility index (Phi) is 4.43. The molecule has 4 saturated heterocycles. The van der Waals surface area contributed by atoms with Crippen molar-refractivity contribution in [3.8, 4) is 0 Å². The van der Waals surface area contributed by atoms with Gasteiger partial charge in [0.1, 0.15) is 5.54 Å². The molecular formula is C25H30N4O2S. The first-order valence-electron chi connectivity index (χ1n) is 12.2. The molecule has 0 radical (unpaired) electrons. The van der Waals surface area contributed by atoms with Crippen LogP contribution in [0.25, 0.3) is 0 Å². The predicted molar refractivity (Wildman–Crippen MR) is 124 cm³/mol. The molecule has 6 nitrogen and oxygen atoms in total. The van der Waals surface area contributed by atoms with Crippen molar-refractivity contribution in [2.45, 2.75) is 49.7 Å². The van der Waals surface area contributed by atoms with E-state index in [-0.39, 0.29) is 5.54 Å². The molecule has 5 aliphatic rings. The number of carbonyl (C=O) groups excluding carboxylic acids is 1. The number of aromatic nitrogens is 1. The van der Waals surface area contributed by atoms with Crippen LogP contribution >= 0.6 is 11.3 Å². The SMILES string of the molecule is O=C1N(C2Cc3ccccc3C2)C[C@@H]2C[C@@H](c3cnc(N4CCOCC4)s3)N3CCC[C@@]123. The Morgan fingerprint density at radius 2 is 1.88 bits per heavy atom. The number of rotatable bonds is 3. The monoisotopic (exact) mass is 450 g/mol. The summed E-state index contributed by atoms with van der Waals surface area (Å²) in [6.07, 6.45) is 7.37. The highest BCUT2D eigenvalue weighted by Crippen LogP contribution is 2.57. The van der Waals surface area contributed by atoms with E-state index in [1.165, 1.54) is 16.0 Å². The van der Waals surface area contributed by atoms with E-state index in [2.05, 4.69) is 45.2 Å². The minimum atomic E-state index is -0.261. The highest BCUT2D eigenvalue weighted by molar-refractivity contribution is 7.15. The first kappa shape index (κ1) is 19.5. The number of carbonyl (C=O) groups is 1. The first-order valence-corrected chi connectivity index (χ1v) is 13.0. The maximum atomic E-state index is 14.0. The molecule has 0 bridgehead atoms. The average molecular weight is 451 g/mol. The van der Waals surface area contributed by atoms with Gasteiger partial charge in [0, 0.05) is 48.7 Å². The molecule has 4 aliphatic heterocycles. The third-order valence-corrected chi connectivity index (χ3v) is 9.83. The Bertz CT molecular complexity index is 1030. The van der Waals surface area contributed by atoms with Crippen LogP contribution in [0.3, 0.4) is 0 Å². The van der Waals surface area contributed by atoms with E-state index in [1.54, 1.807) is 0 Å². The van der Waals surface area contributed by atoms with Gasteiger partial charge in [-0.15, -0.1) is 11.3 Å². The van der Waals surface area contributed by atoms with Crippen molar-refractivity contribution < 1.29 is 9.53 Å². The number of morpholine rings is 1. The topological polar surface area (TPSA) is 48.9 Å². The van der Waals surface area contributed by atoms with Crippen LogP contribution in [-0.4, -0.2) is 71.7 Å². The summed E-state index contributed by atoms with van der Waals surface area (Å²) >= 11 is 1.83. The van der Waals surface area contributed by atoms with Gasteiger partial charge in [-0.1, -0.05) is 24.3 Å². The number of thiazole rings is 1. The Balaban J connectivity index is 1.13. The quantitative estimate of drug-likeness (QED) is 0.720. The minimum absolute atomic E-state index is 0.261. The van der Waals surface area contributed by atoms with Crippen LogP contribution in [-0.2, 0) is 22.4 Å². The lowest BCUT2D eigenvalue weighted by Crippen LogP contribution is -2.51. The molecule has 2 aromatic rings. The lowest BCUT2D eigenvalue weighted by atomic mass is 9.85. The van der Waals surface area contributed by atoms with Gasteiger partial charge in [-0.25, -0.2) is 4.98 Å². The zero-order chi connectivity index (χ0) is 21.3. The van der Waals surface area contributed by atoms with Gasteiger partial charge >= 0.3 is 0 Å². The summed E-state index contributed by atoms with van der Waals surface area (Å²) in [5, 5.41) is 1.12. The van der Waals surface area contributed by atoms with Crippen molar-refractivity contribution in [1.29, 1.82) is 0 Å². The predicted octanol–water partition coefficient (Wildman–Crippen LogP) is 2.88. The number of anilines is 1. The highest BCUT2D eigenvalue weighted by atomic mass is 32.1. The van der Waals surface area contributed by atoms with Crippen molar-refractivity contribution in [2.75, 3.05) is 44.3 Å². The van der Waals surface area contributed by atoms with Crippen LogP contribution in [0, 0.1) is 5.92 Å². The second kappa shape index (κ2) is 7.27. The molecular weight excluding hydrogens is 420 g/mol. The van der Waals surface area contributed by atoms with Gasteiger partial charge in [-0.2, -0.15) is 0 Å². The Morgan fingerprint density at radius 1 is 1.09 bits per heavy atom. The Hall–Kier alpha value is -1.96. The number of ether oxygens (including phenoxy) is 1. The van der Waals surface area contributed by atoms with Gasteiger partial charge in [-0.3, -0.25) is 9.69 Å². The summed E-state index contributed by atoms with van der Waals surface area (Å²) in [6.45, 7) is 5.38. The molecule has 3 atom stereocenters. The molecule has 0 N–H and O–H groups in total. The second-order valence-corrected chi connectivity index (χ2v) is 11.1. The molecule has 32 heavy (non-hydrogen) atoms. The summed E-state index contributed by atoms with van der Waals surface area (Å²) in [5.41, 5.74) is 2.60. The summed E-state index contributed by atoms with van der Waals surface area (Å²) in [4.78, 5) is 27.3. The van der Waals surface area contributed by atoms with Crippen molar-refractivity contribution in [1.82, 2.24) is 14.8 Å². The number of fused-ring (bicyclic) bond motifs is 1. The van der Waals surface area contributed by atoms with E-state index in [4.69, 9.17) is 9.72 Å². The molecule has 1 spiro atoms. The summed E-state index contributed by atoms with van der Waals surface area (Å²) in [7, 11) is 0. The molecule has 1 amide bonds. The number of hydrogen-bond donors (Lipinski definition) is 0. The van der Waals surface area contributed by atoms with Gasteiger partial charge < -0.3 is 14.5 Å². The Labute approximate surface area is 193 Å². The molecule has 7 rings (SSSR count). The fourth-order valence-corrected chi connectivity index (χ4v) is 8.29. The van der Waals surface area contributed by atoms with Crippen LogP contribution in [0.5, 0.6) is 0 Å². The fourth-order valence-electron chi connectivity index (χ4n) is 7.20. The minimum Gasteiger partial charge on any atom is -0.378 e. The largest absolute Gasteiger partial charge is 0.378 e. The summed E-state index contributed by atoms with van der Waals surface area (Å²) in [6, 6.07) is 9.43. The van der Waals surface area contributed by atoms with E-state index in [0.717, 1.165) is 76.6 Å². The van der Waals surface area contributed by atoms with Crippen molar-refractivity contribution in [3.05, 3.63) is 46.5 Å². The number of hydrogen-bond acceptors (Lipinski definition) is 6. The Morgan fingerprint density at radius 3 is 2.66 bits per heavy atom. The molecule has 4 fully saturated rings. The molecule has 5 heterocycles. The van der Waals surface area contributed by atoms with Crippen molar-refractivity contribution >= 4 is 22.4 Å². The average Bonchev–Trinajstić information content (AvgIpc) is 3.62. The number of amides is 1. The number of benzene rings is 1. The number of nitrogens with zero attached hydrogens (tertiary/aromatic N) is 4. The third kappa shape index (κ3) is 2.71. The van der Waals surface area contributed by atoms with E-state index >= 15 is 0 Å². The van der Waals surface area contributed by atoms with Crippen molar-refractivity contribution in [2.24, 2.45) is 5.92 Å². The standard InChI is InChI=1S/C25H30N4O2S/c30-23-25-6-3-7-29(25)21(22-15-26-24(32-22)27-8-10-31-11-9-27)14-19(25)16-28(23)20-12-17-4-1-2-5-18(17)13-20/h1-2,4-5,15,19-21H,3,6-14,16H2/t19-,21-,25-/m0/s1. The van der Waals surface area contributed by atoms with Crippen molar-refractivity contribution in [3.63, 3.8) is 0 Å². The van der Waals surface area contributed by atoms with Crippen LogP contribution in [0.15, 0.2) is 30.5 Å². The van der Waals surface area contributed by atoms with Crippen LogP contribution < -0.4 is 4.90 Å². The lowest BCUT2D eigenvalue weighted by Gasteiger charge is -2.34. The van der Waals surface area contributed by atoms with E-state index in [0.29, 0.717) is 23.9 Å². The molecule has 168 valence electrons. The molecule has 0 saturated carbocycles. The second-order valence-electron chi connectivity index (χ2n) is 10.1. The van der Waals surface area contributed by atoms with Crippen LogP contribution in [0.2, 0.25) is 0 Å². The van der Waals surface area contributed by atoms with Crippen LogP contribution in [0.4, 0.5) is 5.13 Å². The smallest absolute Gasteiger partial charge is 0.243 e. The maximum absolute atomic E-state index is 14.0. The van der Waals surface area contributed by atoms with Crippen LogP contribution in [0.1, 0.15) is 41.3 Å². The van der Waals surface area contributed by atoms with E-state index in [1.807, 2.05) is 11.3 Å². The van der Waals surface area contributed by atoms with Gasteiger partial charge in [0.2, 0.25) is 5.91 Å². The molecule has 1 aromatic carbocycles. The van der Waals surface area contributed by atoms with Gasteiger partial charge in [-0.05, 0) is 49.8 Å². The highest BCUT2D eigenvalue weighted by Gasteiger charge is 2.66. The van der Waals surface area contributed by atoms with Gasteiger partial charge in [0.05, 0.1) is 13.2 Å². The van der Waals surface area contributed by atoms with E-state index in [9.17, 15) is 4.79 Å². The third-order valence-electron chi connectivity index (χ3n) is 8.67. The summed E-state index contributed by atoms with van der Waals surface area (Å²) in [5.74, 6) is 0.860. The molecule has 1 aliphatic carbocycles. The zero-order valence-corrected chi connectivity index (χ0v) is 19.2. The van der Waals surface area contributed by atoms with Gasteiger partial charge in [0.15, 0.2) is 5.13 Å². The zero-order valence-electron chi connectivity index (χ0n) is 18.4. The molecule has 1 aromatic heterocycles. The van der Waals surface area contributed by atoms with E-state index < -0.39 is 0 Å². The number of likely N-dealkylation sites (tertiary alicyclic amines) is 1. The maximum Gasteiger partial charge on any atom is 0.243 e. The lowest BCUT2D eigenvalue weighted by molar-refractivity contribution is -0.138. The fraction of sp³-hybridized carbons (Fsp3) is 0.600. The van der Waals surface area contributed by atoms with Gasteiger partial charge in [0.25, 0.3) is 0 Å². The first-order chi connectivity index (χ1) is 15.7.